The van der Waals surface area contributed by atoms with Crippen molar-refractivity contribution in [1.29, 1.82) is 0 Å². The lowest BCUT2D eigenvalue weighted by molar-refractivity contribution is -0.0791. The first-order valence-corrected chi connectivity index (χ1v) is 12.6. The quantitative estimate of drug-likeness (QED) is 0.614. The topological polar surface area (TPSA) is 59.9 Å². The number of aliphatic imine (C=N–C) groups is 1. The minimum atomic E-state index is -0.245. The highest BCUT2D eigenvalue weighted by Gasteiger charge is 2.48. The fourth-order valence-corrected chi connectivity index (χ4v) is 5.93. The second-order valence-corrected chi connectivity index (χ2v) is 9.51. The Hall–Kier alpha value is -2.24. The summed E-state index contributed by atoms with van der Waals surface area (Å²) in [5.41, 5.74) is 5.13. The zero-order valence-electron chi connectivity index (χ0n) is 20.6. The van der Waals surface area contributed by atoms with Crippen LogP contribution in [0.3, 0.4) is 0 Å². The van der Waals surface area contributed by atoms with Gasteiger partial charge in [-0.25, -0.2) is 4.79 Å². The number of ether oxygens (including phenoxy) is 2. The second-order valence-electron chi connectivity index (χ2n) is 9.51. The molecule has 6 unspecified atom stereocenters. The Bertz CT molecular complexity index is 964. The summed E-state index contributed by atoms with van der Waals surface area (Å²) in [6.07, 6.45) is 6.58. The summed E-state index contributed by atoms with van der Waals surface area (Å²) in [5.74, 6) is 0.682. The number of fused-ring (bicyclic) bond motifs is 2. The number of nitrogens with zero attached hydrogens (tertiary/aromatic N) is 1. The van der Waals surface area contributed by atoms with Crippen LogP contribution in [-0.2, 0) is 9.47 Å². The van der Waals surface area contributed by atoms with E-state index in [1.54, 1.807) is 0 Å². The van der Waals surface area contributed by atoms with Crippen molar-refractivity contribution >= 4 is 11.7 Å². The number of carbonyl (C=O) groups is 1. The van der Waals surface area contributed by atoms with Crippen LogP contribution in [0, 0.1) is 11.8 Å². The van der Waals surface area contributed by atoms with Gasteiger partial charge in [0.15, 0.2) is 0 Å². The Balaban J connectivity index is 1.83. The van der Waals surface area contributed by atoms with E-state index in [-0.39, 0.29) is 30.0 Å². The zero-order chi connectivity index (χ0) is 23.5. The van der Waals surface area contributed by atoms with Crippen LogP contribution in [0.4, 0.5) is 0 Å². The molecule has 1 N–H and O–H groups in total. The molecule has 4 rings (SSSR count). The molecular weight excluding hydrogens is 412 g/mol. The van der Waals surface area contributed by atoms with Crippen molar-refractivity contribution in [3.05, 3.63) is 58.7 Å². The van der Waals surface area contributed by atoms with Gasteiger partial charge in [-0.15, -0.1) is 0 Å². The zero-order valence-corrected chi connectivity index (χ0v) is 20.6. The molecule has 6 atom stereocenters. The number of carbonyl (C=O) groups excluding carboxylic acids is 1. The first-order chi connectivity index (χ1) is 16.0. The van der Waals surface area contributed by atoms with Crippen molar-refractivity contribution in [3.63, 3.8) is 0 Å². The standard InChI is InChI=1S/C28H38N2O3/c1-6-29-23-15-21-25(13-17(23)4)33-26-14-18(5)24(30-7-2)16-22(26)27(21)19-11-9-10-12-20(19)28(31)32-8-3/h9-13,15,18,22,24-27,30H,6-8,14,16H2,1-5H3. The van der Waals surface area contributed by atoms with E-state index in [2.05, 4.69) is 51.2 Å². The fraction of sp³-hybridized carbons (Fsp3) is 0.571. The van der Waals surface area contributed by atoms with Gasteiger partial charge < -0.3 is 14.8 Å². The number of allylic oxidation sites excluding steroid dienone is 2. The van der Waals surface area contributed by atoms with Crippen molar-refractivity contribution in [2.75, 3.05) is 19.7 Å². The van der Waals surface area contributed by atoms with E-state index in [1.165, 1.54) is 5.57 Å². The molecular formula is C28H38N2O3. The van der Waals surface area contributed by atoms with Crippen LogP contribution in [0.5, 0.6) is 0 Å². The van der Waals surface area contributed by atoms with Crippen LogP contribution < -0.4 is 5.32 Å². The Kier molecular flexibility index (Phi) is 7.50. The van der Waals surface area contributed by atoms with Gasteiger partial charge in [-0.1, -0.05) is 32.0 Å². The summed E-state index contributed by atoms with van der Waals surface area (Å²) in [7, 11) is 0. The molecule has 1 saturated heterocycles. The predicted molar refractivity (Wildman–Crippen MR) is 133 cm³/mol. The van der Waals surface area contributed by atoms with Crippen molar-refractivity contribution in [3.8, 4) is 0 Å². The van der Waals surface area contributed by atoms with Gasteiger partial charge in [-0.2, -0.15) is 0 Å². The molecule has 0 bridgehead atoms. The molecule has 1 aliphatic heterocycles. The molecule has 1 aromatic carbocycles. The maximum absolute atomic E-state index is 12.9. The number of hydrogen-bond acceptors (Lipinski definition) is 5. The van der Waals surface area contributed by atoms with Crippen molar-refractivity contribution in [2.24, 2.45) is 16.8 Å². The molecule has 5 nitrogen and oxygen atoms in total. The highest BCUT2D eigenvalue weighted by Crippen LogP contribution is 2.50. The predicted octanol–water partition coefficient (Wildman–Crippen LogP) is 5.09. The molecule has 0 aromatic heterocycles. The van der Waals surface area contributed by atoms with Crippen LogP contribution in [0.25, 0.3) is 0 Å². The van der Waals surface area contributed by atoms with E-state index in [4.69, 9.17) is 14.5 Å². The summed E-state index contributed by atoms with van der Waals surface area (Å²) in [4.78, 5) is 17.7. The Morgan fingerprint density at radius 3 is 2.73 bits per heavy atom. The molecule has 0 radical (unpaired) electrons. The van der Waals surface area contributed by atoms with E-state index in [9.17, 15) is 4.79 Å². The van der Waals surface area contributed by atoms with Gasteiger partial charge in [0, 0.05) is 18.5 Å². The molecule has 2 aliphatic carbocycles. The number of esters is 1. The number of benzene rings is 1. The van der Waals surface area contributed by atoms with Crippen LogP contribution in [0.15, 0.2) is 52.6 Å². The molecule has 3 aliphatic rings. The van der Waals surface area contributed by atoms with Crippen molar-refractivity contribution in [2.45, 2.75) is 71.6 Å². The Morgan fingerprint density at radius 1 is 1.21 bits per heavy atom. The van der Waals surface area contributed by atoms with E-state index in [0.717, 1.165) is 42.8 Å². The minimum absolute atomic E-state index is 0.0785. The Labute approximate surface area is 198 Å². The third kappa shape index (κ3) is 4.71. The molecule has 0 amide bonds. The largest absolute Gasteiger partial charge is 0.462 e. The molecule has 5 heteroatoms. The van der Waals surface area contributed by atoms with Gasteiger partial charge in [0.1, 0.15) is 0 Å². The first kappa shape index (κ1) is 23.9. The Morgan fingerprint density at radius 2 is 2.00 bits per heavy atom. The van der Waals surface area contributed by atoms with E-state index in [1.807, 2.05) is 25.1 Å². The van der Waals surface area contributed by atoms with Gasteiger partial charge >= 0.3 is 5.97 Å². The van der Waals surface area contributed by atoms with Gasteiger partial charge in [-0.05, 0) is 86.9 Å². The summed E-state index contributed by atoms with van der Waals surface area (Å²) in [6.45, 7) is 12.6. The number of hydrogen-bond donors (Lipinski definition) is 1. The maximum Gasteiger partial charge on any atom is 0.338 e. The molecule has 1 heterocycles. The SMILES string of the molecule is CCN=C1C=C2C(C=C1C)OC1CC(C)C(NCC)CC1C2c1ccccc1C(=O)OCC. The highest BCUT2D eigenvalue weighted by atomic mass is 16.5. The first-order valence-electron chi connectivity index (χ1n) is 12.6. The highest BCUT2D eigenvalue weighted by molar-refractivity contribution is 6.09. The average Bonchev–Trinajstić information content (AvgIpc) is 2.80. The third-order valence-corrected chi connectivity index (χ3v) is 7.43. The summed E-state index contributed by atoms with van der Waals surface area (Å²) >= 11 is 0. The van der Waals surface area contributed by atoms with E-state index >= 15 is 0 Å². The minimum Gasteiger partial charge on any atom is -0.462 e. The fourth-order valence-electron chi connectivity index (χ4n) is 5.93. The van der Waals surface area contributed by atoms with Crippen molar-refractivity contribution in [1.82, 2.24) is 5.32 Å². The molecule has 1 aromatic rings. The smallest absolute Gasteiger partial charge is 0.338 e. The van der Waals surface area contributed by atoms with Crippen molar-refractivity contribution < 1.29 is 14.3 Å². The normalized spacial score (nSPS) is 32.5. The summed E-state index contributed by atoms with van der Waals surface area (Å²) in [5, 5.41) is 3.70. The third-order valence-electron chi connectivity index (χ3n) is 7.43. The molecule has 0 spiro atoms. The lowest BCUT2D eigenvalue weighted by Gasteiger charge is -2.50. The molecule has 1 saturated carbocycles. The maximum atomic E-state index is 12.9. The second kappa shape index (κ2) is 10.4. The monoisotopic (exact) mass is 450 g/mol. The van der Waals surface area contributed by atoms with Gasteiger partial charge in [0.05, 0.1) is 30.1 Å². The van der Waals surface area contributed by atoms with Gasteiger partial charge in [-0.3, -0.25) is 4.99 Å². The van der Waals surface area contributed by atoms with E-state index in [0.29, 0.717) is 24.1 Å². The molecule has 33 heavy (non-hydrogen) atoms. The van der Waals surface area contributed by atoms with Gasteiger partial charge in [0.2, 0.25) is 0 Å². The number of nitrogens with one attached hydrogen (secondary N) is 1. The average molecular weight is 451 g/mol. The summed E-state index contributed by atoms with van der Waals surface area (Å²) < 4.78 is 12.2. The number of rotatable bonds is 6. The molecule has 178 valence electrons. The summed E-state index contributed by atoms with van der Waals surface area (Å²) in [6, 6.07) is 8.43. The van der Waals surface area contributed by atoms with Crippen LogP contribution in [0.1, 0.15) is 69.3 Å². The molecule has 2 fully saturated rings. The van der Waals surface area contributed by atoms with Gasteiger partial charge in [0.25, 0.3) is 0 Å². The van der Waals surface area contributed by atoms with Crippen LogP contribution in [0.2, 0.25) is 0 Å². The lowest BCUT2D eigenvalue weighted by atomic mass is 9.63. The van der Waals surface area contributed by atoms with E-state index < -0.39 is 0 Å². The lowest BCUT2D eigenvalue weighted by Crippen LogP contribution is -2.52. The van der Waals surface area contributed by atoms with Crippen LogP contribution in [-0.4, -0.2) is 49.6 Å². The van der Waals surface area contributed by atoms with Crippen LogP contribution >= 0.6 is 0 Å².